The van der Waals surface area contributed by atoms with Crippen LogP contribution in [0.4, 0.5) is 5.82 Å². The second-order valence-corrected chi connectivity index (χ2v) is 16.6. The van der Waals surface area contributed by atoms with Crippen LogP contribution in [0, 0.1) is 0 Å². The minimum absolute atomic E-state index is 0.391. The number of unbranched alkanes of at least 4 members (excludes halogenated alkanes) is 3. The molecule has 1 aliphatic rings. The fourth-order valence-corrected chi connectivity index (χ4v) is 5.24. The monoisotopic (exact) mass is 489 g/mol. The van der Waals surface area contributed by atoms with Gasteiger partial charge in [0.05, 0.1) is 6.61 Å². The summed E-state index contributed by atoms with van der Waals surface area (Å²) in [5.41, 5.74) is 9.41. The Balaban J connectivity index is 1.65. The molecule has 7 nitrogen and oxygen atoms in total. The Kier molecular flexibility index (Phi) is 10.7. The number of likely N-dealkylation sites (tertiary alicyclic amines) is 1. The fraction of sp³-hybridized carbons (Fsp3) is 0.769. The minimum Gasteiger partial charge on any atom is -0.463 e. The van der Waals surface area contributed by atoms with E-state index in [1.165, 1.54) is 57.3 Å². The highest BCUT2D eigenvalue weighted by molar-refractivity contribution is 6.76. The van der Waals surface area contributed by atoms with E-state index in [4.69, 9.17) is 20.2 Å². The maximum absolute atomic E-state index is 6.40. The first-order valence-corrected chi connectivity index (χ1v) is 17.2. The molecule has 0 amide bonds. The molecule has 34 heavy (non-hydrogen) atoms. The number of hydrogen-bond acceptors (Lipinski definition) is 6. The predicted octanol–water partition coefficient (Wildman–Crippen LogP) is 5.70. The normalized spacial score (nSPS) is 15.3. The summed E-state index contributed by atoms with van der Waals surface area (Å²) in [7, 11) is -1.12. The Hall–Kier alpha value is -1.64. The molecular weight excluding hydrogens is 442 g/mol. The van der Waals surface area contributed by atoms with Crippen LogP contribution < -0.4 is 10.5 Å². The number of nitrogens with zero attached hydrogens (tertiary/aromatic N) is 4. The standard InChI is InChI=1S/C26H47N5O2Si/c1-5-6-17-33-26-28-23-22(13-9-7-10-14-30-15-11-8-12-16-30)20-31(24(23)25(27)29-26)21-32-18-19-34(2,3)4/h20H,5-19,21H2,1-4H3,(H2,27,28,29). The quantitative estimate of drug-likeness (QED) is 0.255. The molecule has 1 aliphatic heterocycles. The number of aromatic nitrogens is 3. The highest BCUT2D eigenvalue weighted by Crippen LogP contribution is 2.28. The summed E-state index contributed by atoms with van der Waals surface area (Å²) < 4.78 is 13.9. The predicted molar refractivity (Wildman–Crippen MR) is 144 cm³/mol. The van der Waals surface area contributed by atoms with Crippen molar-refractivity contribution in [1.29, 1.82) is 0 Å². The van der Waals surface area contributed by atoms with Gasteiger partial charge in [-0.3, -0.25) is 0 Å². The molecule has 0 aliphatic carbocycles. The van der Waals surface area contributed by atoms with E-state index >= 15 is 0 Å². The Morgan fingerprint density at radius 2 is 1.79 bits per heavy atom. The largest absolute Gasteiger partial charge is 0.463 e. The Bertz CT molecular complexity index is 874. The second-order valence-electron chi connectivity index (χ2n) is 11.0. The molecule has 0 aromatic carbocycles. The zero-order valence-electron chi connectivity index (χ0n) is 22.1. The molecule has 192 valence electrons. The molecule has 0 atom stereocenters. The SMILES string of the molecule is CCCCOc1nc(N)c2c(n1)c(CCCCCN1CCCCC1)cn2COCC[Si](C)(C)C. The summed E-state index contributed by atoms with van der Waals surface area (Å²) in [5, 5.41) is 0. The molecule has 1 fully saturated rings. The van der Waals surface area contributed by atoms with Crippen LogP contribution in [0.2, 0.25) is 25.7 Å². The molecule has 0 spiro atoms. The second kappa shape index (κ2) is 13.4. The van der Waals surface area contributed by atoms with Crippen molar-refractivity contribution in [2.45, 2.75) is 97.1 Å². The number of rotatable bonds is 15. The van der Waals surface area contributed by atoms with Gasteiger partial charge in [0, 0.05) is 20.9 Å². The van der Waals surface area contributed by atoms with Crippen LogP contribution in [-0.2, 0) is 17.9 Å². The summed E-state index contributed by atoms with van der Waals surface area (Å²) in [6, 6.07) is 1.54. The van der Waals surface area contributed by atoms with Crippen LogP contribution >= 0.6 is 0 Å². The van der Waals surface area contributed by atoms with E-state index in [-0.39, 0.29) is 0 Å². The van der Waals surface area contributed by atoms with E-state index in [0.29, 0.717) is 25.2 Å². The molecule has 1 saturated heterocycles. The lowest BCUT2D eigenvalue weighted by molar-refractivity contribution is 0.0901. The highest BCUT2D eigenvalue weighted by Gasteiger charge is 2.17. The molecule has 3 rings (SSSR count). The van der Waals surface area contributed by atoms with Crippen molar-refractivity contribution in [1.82, 2.24) is 19.4 Å². The van der Waals surface area contributed by atoms with Crippen molar-refractivity contribution in [2.24, 2.45) is 0 Å². The lowest BCUT2D eigenvalue weighted by Crippen LogP contribution is -2.30. The molecule has 0 saturated carbocycles. The zero-order valence-corrected chi connectivity index (χ0v) is 23.1. The van der Waals surface area contributed by atoms with Crippen molar-refractivity contribution in [3.8, 4) is 6.01 Å². The van der Waals surface area contributed by atoms with Gasteiger partial charge < -0.3 is 24.7 Å². The van der Waals surface area contributed by atoms with Gasteiger partial charge in [0.2, 0.25) is 0 Å². The van der Waals surface area contributed by atoms with E-state index < -0.39 is 8.07 Å². The third-order valence-corrected chi connectivity index (χ3v) is 8.32. The number of ether oxygens (including phenoxy) is 2. The number of hydrogen-bond donors (Lipinski definition) is 1. The van der Waals surface area contributed by atoms with Crippen LogP contribution in [0.25, 0.3) is 11.0 Å². The summed E-state index contributed by atoms with van der Waals surface area (Å²) in [6.45, 7) is 14.9. The number of nitrogen functional groups attached to an aromatic ring is 1. The highest BCUT2D eigenvalue weighted by atomic mass is 28.3. The lowest BCUT2D eigenvalue weighted by atomic mass is 10.1. The van der Waals surface area contributed by atoms with Crippen LogP contribution in [-0.4, -0.2) is 60.4 Å². The van der Waals surface area contributed by atoms with Gasteiger partial charge in [-0.05, 0) is 69.8 Å². The molecule has 3 heterocycles. The van der Waals surface area contributed by atoms with E-state index in [0.717, 1.165) is 49.4 Å². The third kappa shape index (κ3) is 8.54. The van der Waals surface area contributed by atoms with Crippen molar-refractivity contribution in [3.05, 3.63) is 11.8 Å². The fourth-order valence-electron chi connectivity index (χ4n) is 4.48. The number of nitrogens with two attached hydrogens (primary N) is 1. The Morgan fingerprint density at radius 1 is 1.00 bits per heavy atom. The van der Waals surface area contributed by atoms with Crippen LogP contribution in [0.3, 0.4) is 0 Å². The average molecular weight is 490 g/mol. The smallest absolute Gasteiger partial charge is 0.319 e. The van der Waals surface area contributed by atoms with Gasteiger partial charge >= 0.3 is 6.01 Å². The lowest BCUT2D eigenvalue weighted by Gasteiger charge is -2.26. The Labute approximate surface area is 207 Å². The molecule has 2 aromatic rings. The maximum Gasteiger partial charge on any atom is 0.319 e. The van der Waals surface area contributed by atoms with Crippen molar-refractivity contribution < 1.29 is 9.47 Å². The zero-order chi connectivity index (χ0) is 24.4. The number of anilines is 1. The summed E-state index contributed by atoms with van der Waals surface area (Å²) in [5.74, 6) is 0.474. The molecule has 0 radical (unpaired) electrons. The van der Waals surface area contributed by atoms with Crippen LogP contribution in [0.5, 0.6) is 6.01 Å². The van der Waals surface area contributed by atoms with Gasteiger partial charge in [-0.2, -0.15) is 9.97 Å². The van der Waals surface area contributed by atoms with E-state index in [9.17, 15) is 0 Å². The number of fused-ring (bicyclic) bond motifs is 1. The van der Waals surface area contributed by atoms with Gasteiger partial charge in [-0.15, -0.1) is 0 Å². The molecule has 0 unspecified atom stereocenters. The summed E-state index contributed by atoms with van der Waals surface area (Å²) >= 11 is 0. The first-order chi connectivity index (χ1) is 16.4. The van der Waals surface area contributed by atoms with E-state index in [1.807, 2.05) is 0 Å². The first-order valence-electron chi connectivity index (χ1n) is 13.5. The van der Waals surface area contributed by atoms with Gasteiger partial charge in [0.25, 0.3) is 0 Å². The molecular formula is C26H47N5O2Si. The van der Waals surface area contributed by atoms with Crippen molar-refractivity contribution >= 4 is 24.9 Å². The van der Waals surface area contributed by atoms with Gasteiger partial charge in [-0.1, -0.05) is 45.8 Å². The van der Waals surface area contributed by atoms with E-state index in [1.54, 1.807) is 0 Å². The molecule has 8 heteroatoms. The maximum atomic E-state index is 6.40. The Morgan fingerprint density at radius 3 is 2.53 bits per heavy atom. The third-order valence-electron chi connectivity index (χ3n) is 6.62. The van der Waals surface area contributed by atoms with Gasteiger partial charge in [-0.25, -0.2) is 0 Å². The first kappa shape index (κ1) is 27.0. The van der Waals surface area contributed by atoms with E-state index in [2.05, 4.69) is 47.2 Å². The summed E-state index contributed by atoms with van der Waals surface area (Å²) in [6.07, 6.45) is 13.0. The van der Waals surface area contributed by atoms with Crippen molar-refractivity contribution in [3.63, 3.8) is 0 Å². The van der Waals surface area contributed by atoms with Crippen molar-refractivity contribution in [2.75, 3.05) is 38.6 Å². The number of aryl methyl sites for hydroxylation is 1. The topological polar surface area (TPSA) is 78.4 Å². The van der Waals surface area contributed by atoms with Gasteiger partial charge in [0.1, 0.15) is 17.8 Å². The van der Waals surface area contributed by atoms with Gasteiger partial charge in [0.15, 0.2) is 5.82 Å². The molecule has 2 N–H and O–H groups in total. The molecule has 0 bridgehead atoms. The minimum atomic E-state index is -1.12. The summed E-state index contributed by atoms with van der Waals surface area (Å²) in [4.78, 5) is 11.8. The van der Waals surface area contributed by atoms with Crippen LogP contribution in [0.1, 0.15) is 63.9 Å². The number of piperidine rings is 1. The average Bonchev–Trinajstić information content (AvgIpc) is 3.15. The van der Waals surface area contributed by atoms with Crippen LogP contribution in [0.15, 0.2) is 6.20 Å². The molecule has 2 aromatic heterocycles.